The molecule has 3 rings (SSSR count). The number of nitrogens with one attached hydrogen (secondary N) is 1. The molecule has 1 aliphatic rings. The molecule has 0 fully saturated rings. The molecular formula is C16H11ClFNO3. The summed E-state index contributed by atoms with van der Waals surface area (Å²) >= 11 is 5.77. The largest absolute Gasteiger partial charge is 0.479 e. The zero-order valence-electron chi connectivity index (χ0n) is 11.3. The smallest absolute Gasteiger partial charge is 0.265 e. The Balaban J connectivity index is 1.76. The molecule has 2 aromatic carbocycles. The molecule has 1 N–H and O–H groups in total. The Bertz CT molecular complexity index is 746. The van der Waals surface area contributed by atoms with Gasteiger partial charge < -0.3 is 10.1 Å². The summed E-state index contributed by atoms with van der Waals surface area (Å²) < 4.78 is 18.6. The second kappa shape index (κ2) is 5.77. The average Bonchev–Trinajstić information content (AvgIpc) is 2.50. The molecule has 1 unspecified atom stereocenters. The van der Waals surface area contributed by atoms with Crippen molar-refractivity contribution in [2.75, 3.05) is 5.32 Å². The lowest BCUT2D eigenvalue weighted by Crippen LogP contribution is -2.38. The van der Waals surface area contributed by atoms with Gasteiger partial charge in [0.2, 0.25) is 0 Å². The molecule has 112 valence electrons. The van der Waals surface area contributed by atoms with E-state index in [0.717, 1.165) is 6.07 Å². The van der Waals surface area contributed by atoms with Gasteiger partial charge in [-0.25, -0.2) is 4.39 Å². The minimum atomic E-state index is -0.943. The Labute approximate surface area is 130 Å². The molecule has 1 amide bonds. The quantitative estimate of drug-likeness (QED) is 0.922. The number of ketones is 1. The summed E-state index contributed by atoms with van der Waals surface area (Å²) in [5, 5.41) is 3.21. The fraction of sp³-hybridized carbons (Fsp3) is 0.125. The first-order chi connectivity index (χ1) is 10.5. The highest BCUT2D eigenvalue weighted by Gasteiger charge is 2.31. The van der Waals surface area contributed by atoms with E-state index < -0.39 is 17.8 Å². The van der Waals surface area contributed by atoms with E-state index in [0.29, 0.717) is 10.7 Å². The third kappa shape index (κ3) is 2.94. The lowest BCUT2D eigenvalue weighted by molar-refractivity contribution is -0.122. The van der Waals surface area contributed by atoms with Gasteiger partial charge in [-0.2, -0.15) is 0 Å². The van der Waals surface area contributed by atoms with E-state index in [1.54, 1.807) is 24.3 Å². The van der Waals surface area contributed by atoms with Crippen molar-refractivity contribution in [1.29, 1.82) is 0 Å². The topological polar surface area (TPSA) is 55.4 Å². The van der Waals surface area contributed by atoms with Gasteiger partial charge in [-0.05, 0) is 42.5 Å². The number of ether oxygens (including phenoxy) is 1. The highest BCUT2D eigenvalue weighted by molar-refractivity contribution is 6.30. The van der Waals surface area contributed by atoms with Gasteiger partial charge in [0.05, 0.1) is 12.0 Å². The first kappa shape index (κ1) is 14.5. The van der Waals surface area contributed by atoms with Crippen molar-refractivity contribution in [3.8, 4) is 5.75 Å². The van der Waals surface area contributed by atoms with Crippen LogP contribution in [0, 0.1) is 5.82 Å². The van der Waals surface area contributed by atoms with Crippen molar-refractivity contribution in [1.82, 2.24) is 0 Å². The third-order valence-electron chi connectivity index (χ3n) is 3.29. The van der Waals surface area contributed by atoms with Gasteiger partial charge in [-0.3, -0.25) is 9.59 Å². The maximum absolute atomic E-state index is 13.1. The summed E-state index contributed by atoms with van der Waals surface area (Å²) in [4.78, 5) is 24.2. The Kier molecular flexibility index (Phi) is 3.81. The number of carbonyl (C=O) groups is 2. The van der Waals surface area contributed by atoms with Gasteiger partial charge in [-0.1, -0.05) is 11.6 Å². The molecule has 1 aliphatic heterocycles. The van der Waals surface area contributed by atoms with E-state index in [1.807, 2.05) is 0 Å². The molecule has 0 radical (unpaired) electrons. The lowest BCUT2D eigenvalue weighted by atomic mass is 10.00. The van der Waals surface area contributed by atoms with Crippen molar-refractivity contribution in [3.05, 3.63) is 58.9 Å². The van der Waals surface area contributed by atoms with Crippen LogP contribution in [-0.2, 0) is 4.79 Å². The van der Waals surface area contributed by atoms with E-state index in [-0.39, 0.29) is 23.5 Å². The number of hydrogen-bond donors (Lipinski definition) is 1. The fourth-order valence-electron chi connectivity index (χ4n) is 2.20. The van der Waals surface area contributed by atoms with Crippen LogP contribution in [0.5, 0.6) is 5.75 Å². The van der Waals surface area contributed by atoms with Crippen molar-refractivity contribution in [2.45, 2.75) is 12.5 Å². The number of hydrogen-bond acceptors (Lipinski definition) is 3. The predicted octanol–water partition coefficient (Wildman–Crippen LogP) is 3.45. The van der Waals surface area contributed by atoms with Crippen LogP contribution in [0.4, 0.5) is 10.1 Å². The number of fused-ring (bicyclic) bond motifs is 1. The molecular weight excluding hydrogens is 309 g/mol. The molecule has 1 heterocycles. The van der Waals surface area contributed by atoms with E-state index in [1.165, 1.54) is 12.1 Å². The summed E-state index contributed by atoms with van der Waals surface area (Å²) in [5.74, 6) is -1.06. The van der Waals surface area contributed by atoms with Crippen LogP contribution in [0.2, 0.25) is 5.02 Å². The molecule has 1 atom stereocenters. The van der Waals surface area contributed by atoms with Crippen LogP contribution in [-0.4, -0.2) is 17.8 Å². The molecule has 0 aromatic heterocycles. The molecule has 22 heavy (non-hydrogen) atoms. The number of halogens is 2. The van der Waals surface area contributed by atoms with Gasteiger partial charge in [0.25, 0.3) is 5.91 Å². The standard InChI is InChI=1S/C16H11ClFNO3/c17-9-1-4-11(5-2-9)19-16(21)15-8-13(20)12-7-10(18)3-6-14(12)22-15/h1-7,15H,8H2,(H,19,21). The second-order valence-electron chi connectivity index (χ2n) is 4.87. The van der Waals surface area contributed by atoms with Gasteiger partial charge >= 0.3 is 0 Å². The number of carbonyl (C=O) groups excluding carboxylic acids is 2. The fourth-order valence-corrected chi connectivity index (χ4v) is 2.32. The van der Waals surface area contributed by atoms with E-state index in [2.05, 4.69) is 5.32 Å². The molecule has 0 spiro atoms. The SMILES string of the molecule is O=C1CC(C(=O)Nc2ccc(Cl)cc2)Oc2ccc(F)cc21. The normalized spacial score (nSPS) is 16.6. The first-order valence-corrected chi connectivity index (χ1v) is 6.96. The maximum Gasteiger partial charge on any atom is 0.265 e. The van der Waals surface area contributed by atoms with Gasteiger partial charge in [-0.15, -0.1) is 0 Å². The van der Waals surface area contributed by atoms with Gasteiger partial charge in [0.15, 0.2) is 11.9 Å². The molecule has 0 saturated carbocycles. The van der Waals surface area contributed by atoms with Crippen LogP contribution in [0.15, 0.2) is 42.5 Å². The third-order valence-corrected chi connectivity index (χ3v) is 3.54. The maximum atomic E-state index is 13.1. The summed E-state index contributed by atoms with van der Waals surface area (Å²) in [5.41, 5.74) is 0.714. The van der Waals surface area contributed by atoms with Crippen LogP contribution >= 0.6 is 11.6 Å². The number of anilines is 1. The number of amides is 1. The summed E-state index contributed by atoms with van der Waals surface area (Å²) in [6, 6.07) is 10.2. The molecule has 2 aromatic rings. The summed E-state index contributed by atoms with van der Waals surface area (Å²) in [7, 11) is 0. The number of benzene rings is 2. The number of rotatable bonds is 2. The highest BCUT2D eigenvalue weighted by atomic mass is 35.5. The van der Waals surface area contributed by atoms with Crippen molar-refractivity contribution in [2.24, 2.45) is 0 Å². The predicted molar refractivity (Wildman–Crippen MR) is 79.8 cm³/mol. The minimum absolute atomic E-state index is 0.129. The van der Waals surface area contributed by atoms with E-state index in [4.69, 9.17) is 16.3 Å². The highest BCUT2D eigenvalue weighted by Crippen LogP contribution is 2.28. The molecule has 0 aliphatic carbocycles. The minimum Gasteiger partial charge on any atom is -0.479 e. The van der Waals surface area contributed by atoms with Crippen LogP contribution in [0.25, 0.3) is 0 Å². The molecule has 0 bridgehead atoms. The number of Topliss-reactive ketones (excluding diaryl/α,β-unsaturated/α-hetero) is 1. The van der Waals surface area contributed by atoms with Crippen molar-refractivity contribution < 1.29 is 18.7 Å². The Morgan fingerprint density at radius 1 is 1.23 bits per heavy atom. The molecule has 4 nitrogen and oxygen atoms in total. The zero-order valence-corrected chi connectivity index (χ0v) is 12.1. The summed E-state index contributed by atoms with van der Waals surface area (Å²) in [6.45, 7) is 0. The Morgan fingerprint density at radius 3 is 2.68 bits per heavy atom. The lowest BCUT2D eigenvalue weighted by Gasteiger charge is -2.24. The van der Waals surface area contributed by atoms with Crippen LogP contribution in [0.3, 0.4) is 0 Å². The van der Waals surface area contributed by atoms with Crippen molar-refractivity contribution in [3.63, 3.8) is 0 Å². The first-order valence-electron chi connectivity index (χ1n) is 6.59. The summed E-state index contributed by atoms with van der Waals surface area (Å²) in [6.07, 6.45) is -1.07. The van der Waals surface area contributed by atoms with E-state index in [9.17, 15) is 14.0 Å². The molecule has 6 heteroatoms. The van der Waals surface area contributed by atoms with Crippen LogP contribution < -0.4 is 10.1 Å². The second-order valence-corrected chi connectivity index (χ2v) is 5.31. The zero-order chi connectivity index (χ0) is 15.7. The van der Waals surface area contributed by atoms with Crippen LogP contribution in [0.1, 0.15) is 16.8 Å². The molecule has 0 saturated heterocycles. The van der Waals surface area contributed by atoms with Gasteiger partial charge in [0.1, 0.15) is 11.6 Å². The van der Waals surface area contributed by atoms with Crippen molar-refractivity contribution >= 4 is 29.0 Å². The average molecular weight is 320 g/mol. The van der Waals surface area contributed by atoms with Gasteiger partial charge in [0, 0.05) is 10.7 Å². The Morgan fingerprint density at radius 2 is 1.95 bits per heavy atom. The van der Waals surface area contributed by atoms with E-state index >= 15 is 0 Å². The monoisotopic (exact) mass is 319 g/mol. The Hall–Kier alpha value is -2.40.